The Bertz CT molecular complexity index is 351. The highest BCUT2D eigenvalue weighted by Gasteiger charge is 2.07. The average Bonchev–Trinajstić information content (AvgIpc) is 2.28. The lowest BCUT2D eigenvalue weighted by Crippen LogP contribution is -2.28. The molecule has 1 aliphatic carbocycles. The first-order valence-electron chi connectivity index (χ1n) is 4.82. The second-order valence-corrected chi connectivity index (χ2v) is 3.72. The number of urea groups is 1. The molecule has 0 saturated heterocycles. The highest BCUT2D eigenvalue weighted by atomic mass is 16.2. The third-order valence-electron chi connectivity index (χ3n) is 2.24. The summed E-state index contributed by atoms with van der Waals surface area (Å²) < 4.78 is 0. The molecule has 0 heterocycles. The summed E-state index contributed by atoms with van der Waals surface area (Å²) in [6.07, 6.45) is 6.63. The molecule has 0 spiro atoms. The van der Waals surface area contributed by atoms with Crippen molar-refractivity contribution in [1.29, 1.82) is 0 Å². The first-order valence-corrected chi connectivity index (χ1v) is 4.82. The van der Waals surface area contributed by atoms with E-state index in [0.29, 0.717) is 6.42 Å². The molecule has 0 bridgehead atoms. The number of primary amides is 1. The number of likely N-dealkylation sites (N-methyl/N-ethyl adjacent to an activating group) is 1. The van der Waals surface area contributed by atoms with Gasteiger partial charge in [-0.15, -0.1) is 0 Å². The smallest absolute Gasteiger partial charge is 0.316 e. The molecule has 3 N–H and O–H groups in total. The Morgan fingerprint density at radius 1 is 1.47 bits per heavy atom. The van der Waals surface area contributed by atoms with Crippen LogP contribution in [0.2, 0.25) is 0 Å². The lowest BCUT2D eigenvalue weighted by Gasteiger charge is -2.16. The van der Waals surface area contributed by atoms with Gasteiger partial charge in [-0.05, 0) is 24.6 Å². The summed E-state index contributed by atoms with van der Waals surface area (Å²) in [4.78, 5) is 12.7. The van der Waals surface area contributed by atoms with E-state index in [0.717, 1.165) is 11.4 Å². The second kappa shape index (κ2) is 4.68. The van der Waals surface area contributed by atoms with Crippen LogP contribution in [0.1, 0.15) is 13.3 Å². The molecule has 1 rings (SSSR count). The number of nitrogens with two attached hydrogens (primary N) is 1. The minimum Gasteiger partial charge on any atom is -0.377 e. The first-order chi connectivity index (χ1) is 7.00. The van der Waals surface area contributed by atoms with Gasteiger partial charge >= 0.3 is 6.03 Å². The Morgan fingerprint density at radius 3 is 2.67 bits per heavy atom. The fraction of sp³-hybridized carbons (Fsp3) is 0.364. The maximum Gasteiger partial charge on any atom is 0.316 e. The molecule has 0 aromatic carbocycles. The van der Waals surface area contributed by atoms with E-state index in [2.05, 4.69) is 11.4 Å². The fourth-order valence-corrected chi connectivity index (χ4v) is 1.50. The SMILES string of the molecule is CC1=CCC(NC(N)=O)=CC=C1N(C)C. The molecule has 0 aliphatic heterocycles. The summed E-state index contributed by atoms with van der Waals surface area (Å²) in [5.74, 6) is 0. The molecule has 0 atom stereocenters. The number of hydrogen-bond acceptors (Lipinski definition) is 2. The van der Waals surface area contributed by atoms with E-state index >= 15 is 0 Å². The minimum atomic E-state index is -0.519. The lowest BCUT2D eigenvalue weighted by atomic mass is 10.2. The van der Waals surface area contributed by atoms with Crippen LogP contribution >= 0.6 is 0 Å². The summed E-state index contributed by atoms with van der Waals surface area (Å²) in [5.41, 5.74) is 8.21. The van der Waals surface area contributed by atoms with Crippen molar-refractivity contribution in [3.8, 4) is 0 Å². The number of carbonyl (C=O) groups excluding carboxylic acids is 1. The van der Waals surface area contributed by atoms with Gasteiger partial charge in [0.1, 0.15) is 0 Å². The molecule has 15 heavy (non-hydrogen) atoms. The molecular formula is C11H17N3O. The van der Waals surface area contributed by atoms with Crippen molar-refractivity contribution in [2.45, 2.75) is 13.3 Å². The standard InChI is InChI=1S/C11H17N3O/c1-8-4-5-9(13-11(12)15)6-7-10(8)14(2)3/h4,6-7H,5H2,1-3H3,(H3,12,13,15). The topological polar surface area (TPSA) is 58.4 Å². The van der Waals surface area contributed by atoms with Crippen molar-refractivity contribution in [2.24, 2.45) is 5.73 Å². The highest BCUT2D eigenvalue weighted by Crippen LogP contribution is 2.17. The van der Waals surface area contributed by atoms with Crippen molar-refractivity contribution in [2.75, 3.05) is 14.1 Å². The van der Waals surface area contributed by atoms with Gasteiger partial charge in [0.15, 0.2) is 0 Å². The Labute approximate surface area is 90.1 Å². The van der Waals surface area contributed by atoms with Gasteiger partial charge in [-0.1, -0.05) is 6.08 Å². The summed E-state index contributed by atoms with van der Waals surface area (Å²) in [6.45, 7) is 2.05. The molecule has 2 amide bonds. The third-order valence-corrected chi connectivity index (χ3v) is 2.24. The largest absolute Gasteiger partial charge is 0.377 e. The van der Waals surface area contributed by atoms with E-state index in [1.807, 2.05) is 38.1 Å². The number of amides is 2. The number of nitrogens with one attached hydrogen (secondary N) is 1. The summed E-state index contributed by atoms with van der Waals surface area (Å²) in [5, 5.41) is 2.59. The summed E-state index contributed by atoms with van der Waals surface area (Å²) >= 11 is 0. The quantitative estimate of drug-likeness (QED) is 0.717. The van der Waals surface area contributed by atoms with Crippen molar-refractivity contribution >= 4 is 6.03 Å². The molecule has 0 aromatic heterocycles. The number of allylic oxidation sites excluding steroid dienone is 4. The number of carbonyl (C=O) groups is 1. The predicted molar refractivity (Wildman–Crippen MR) is 60.9 cm³/mol. The van der Waals surface area contributed by atoms with Crippen molar-refractivity contribution in [1.82, 2.24) is 10.2 Å². The summed E-state index contributed by atoms with van der Waals surface area (Å²) in [7, 11) is 3.98. The molecular weight excluding hydrogens is 190 g/mol. The Balaban J connectivity index is 2.88. The van der Waals surface area contributed by atoms with Crippen LogP contribution < -0.4 is 11.1 Å². The highest BCUT2D eigenvalue weighted by molar-refractivity contribution is 5.73. The summed E-state index contributed by atoms with van der Waals surface area (Å²) in [6, 6.07) is -0.519. The zero-order chi connectivity index (χ0) is 11.4. The number of rotatable bonds is 2. The molecule has 0 unspecified atom stereocenters. The predicted octanol–water partition coefficient (Wildman–Crippen LogP) is 1.33. The Morgan fingerprint density at radius 2 is 2.13 bits per heavy atom. The van der Waals surface area contributed by atoms with Crippen LogP contribution in [0.5, 0.6) is 0 Å². The monoisotopic (exact) mass is 207 g/mol. The van der Waals surface area contributed by atoms with E-state index in [9.17, 15) is 4.79 Å². The maximum atomic E-state index is 10.7. The minimum absolute atomic E-state index is 0.519. The van der Waals surface area contributed by atoms with Gasteiger partial charge in [-0.3, -0.25) is 0 Å². The van der Waals surface area contributed by atoms with E-state index in [-0.39, 0.29) is 0 Å². The van der Waals surface area contributed by atoms with Gasteiger partial charge in [0.05, 0.1) is 0 Å². The van der Waals surface area contributed by atoms with Crippen LogP contribution in [-0.2, 0) is 0 Å². The van der Waals surface area contributed by atoms with Crippen LogP contribution in [0.25, 0.3) is 0 Å². The molecule has 0 aromatic rings. The second-order valence-electron chi connectivity index (χ2n) is 3.72. The molecule has 82 valence electrons. The van der Waals surface area contributed by atoms with Crippen molar-refractivity contribution < 1.29 is 4.79 Å². The normalized spacial score (nSPS) is 15.8. The van der Waals surface area contributed by atoms with Gasteiger partial charge in [0.2, 0.25) is 0 Å². The average molecular weight is 207 g/mol. The van der Waals surface area contributed by atoms with Crippen LogP contribution in [0.15, 0.2) is 35.2 Å². The maximum absolute atomic E-state index is 10.7. The fourth-order valence-electron chi connectivity index (χ4n) is 1.50. The van der Waals surface area contributed by atoms with Gasteiger partial charge in [-0.25, -0.2) is 4.79 Å². The van der Waals surface area contributed by atoms with Gasteiger partial charge in [0.25, 0.3) is 0 Å². The van der Waals surface area contributed by atoms with Crippen LogP contribution in [0.3, 0.4) is 0 Å². The molecule has 0 fully saturated rings. The molecule has 0 saturated carbocycles. The van der Waals surface area contributed by atoms with Crippen LogP contribution in [-0.4, -0.2) is 25.0 Å². The van der Waals surface area contributed by atoms with E-state index in [1.54, 1.807) is 0 Å². The zero-order valence-electron chi connectivity index (χ0n) is 9.37. The van der Waals surface area contributed by atoms with Crippen LogP contribution in [0, 0.1) is 0 Å². The van der Waals surface area contributed by atoms with Gasteiger partial charge in [-0.2, -0.15) is 0 Å². The van der Waals surface area contributed by atoms with E-state index < -0.39 is 6.03 Å². The van der Waals surface area contributed by atoms with Gasteiger partial charge < -0.3 is 16.0 Å². The van der Waals surface area contributed by atoms with Crippen molar-refractivity contribution in [3.05, 3.63) is 35.2 Å². The molecule has 0 radical (unpaired) electrons. The van der Waals surface area contributed by atoms with E-state index in [4.69, 9.17) is 5.73 Å². The number of hydrogen-bond donors (Lipinski definition) is 2. The first kappa shape index (κ1) is 11.4. The molecule has 4 heteroatoms. The Kier molecular flexibility index (Phi) is 3.55. The van der Waals surface area contributed by atoms with Crippen LogP contribution in [0.4, 0.5) is 4.79 Å². The molecule has 4 nitrogen and oxygen atoms in total. The Hall–Kier alpha value is -1.71. The van der Waals surface area contributed by atoms with E-state index in [1.165, 1.54) is 5.57 Å². The van der Waals surface area contributed by atoms with Crippen molar-refractivity contribution in [3.63, 3.8) is 0 Å². The molecule has 1 aliphatic rings. The zero-order valence-corrected chi connectivity index (χ0v) is 9.37. The third kappa shape index (κ3) is 3.16. The lowest BCUT2D eigenvalue weighted by molar-refractivity contribution is 0.251. The number of nitrogens with zero attached hydrogens (tertiary/aromatic N) is 1. The van der Waals surface area contributed by atoms with Gasteiger partial charge in [0, 0.05) is 31.9 Å².